The van der Waals surface area contributed by atoms with Gasteiger partial charge in [-0.15, -0.1) is 0 Å². The number of hydrogen-bond donors (Lipinski definition) is 6. The predicted octanol–water partition coefficient (Wildman–Crippen LogP) is 0.411. The number of pyridine rings is 1. The molecule has 36 heavy (non-hydrogen) atoms. The smallest absolute Gasteiger partial charge is 0.247 e. The first-order chi connectivity index (χ1) is 17.4. The Morgan fingerprint density at radius 1 is 0.889 bits per heavy atom. The lowest BCUT2D eigenvalue weighted by atomic mass is 10.0. The zero-order valence-corrected chi connectivity index (χ0v) is 20.0. The number of amides is 3. The lowest BCUT2D eigenvalue weighted by molar-refractivity contribution is -0.130. The molecule has 3 rings (SSSR count). The molecule has 3 aromatic rings. The Morgan fingerprint density at radius 2 is 1.58 bits per heavy atom. The number of nitrogens with two attached hydrogens (primary N) is 3. The second-order valence-corrected chi connectivity index (χ2v) is 8.54. The van der Waals surface area contributed by atoms with Crippen molar-refractivity contribution in [2.24, 2.45) is 17.2 Å². The van der Waals surface area contributed by atoms with E-state index in [0.29, 0.717) is 18.5 Å². The molecule has 0 aliphatic rings. The third kappa shape index (κ3) is 7.84. The van der Waals surface area contributed by atoms with E-state index >= 15 is 0 Å². The molecular formula is C26H33N7O3. The molecule has 10 nitrogen and oxygen atoms in total. The third-order valence-electron chi connectivity index (χ3n) is 5.73. The quantitative estimate of drug-likeness (QED) is 0.212. The predicted molar refractivity (Wildman–Crippen MR) is 140 cm³/mol. The third-order valence-corrected chi connectivity index (χ3v) is 5.73. The van der Waals surface area contributed by atoms with Crippen molar-refractivity contribution in [1.29, 1.82) is 0 Å². The number of carbonyl (C=O) groups is 3. The number of anilines is 1. The highest BCUT2D eigenvalue weighted by Crippen LogP contribution is 2.17. The molecule has 2 atom stereocenters. The van der Waals surface area contributed by atoms with Gasteiger partial charge in [0.05, 0.1) is 35.9 Å². The van der Waals surface area contributed by atoms with Gasteiger partial charge in [0.15, 0.2) is 0 Å². The van der Waals surface area contributed by atoms with E-state index in [1.165, 1.54) is 0 Å². The molecule has 0 spiro atoms. The summed E-state index contributed by atoms with van der Waals surface area (Å²) in [6.07, 6.45) is 2.20. The van der Waals surface area contributed by atoms with Crippen LogP contribution in [0, 0.1) is 0 Å². The Balaban J connectivity index is 1.68. The standard InChI is InChI=1S/C26H33N7O3/c27-14-20(15-28)31-24(34)13-21(29)25(35)33-23(11-10-17-6-2-1-3-7-17)26(36)32-19-12-18-8-4-5-9-22(18)30-16-19/h1-9,12,16,20-21,23H,10-11,13-15,27-29H2,(H,31,34)(H,32,36)(H,33,35)/t21-,23-/m0/s1. The molecule has 0 saturated heterocycles. The summed E-state index contributed by atoms with van der Waals surface area (Å²) in [4.78, 5) is 42.5. The molecule has 2 aromatic carbocycles. The van der Waals surface area contributed by atoms with Crippen molar-refractivity contribution in [1.82, 2.24) is 15.6 Å². The first-order valence-corrected chi connectivity index (χ1v) is 11.8. The fraction of sp³-hybridized carbons (Fsp3) is 0.308. The highest BCUT2D eigenvalue weighted by atomic mass is 16.2. The number of para-hydroxylation sites is 1. The van der Waals surface area contributed by atoms with Crippen molar-refractivity contribution in [2.75, 3.05) is 18.4 Å². The fourth-order valence-corrected chi connectivity index (χ4v) is 3.67. The Bertz CT molecular complexity index is 1170. The Morgan fingerprint density at radius 3 is 2.31 bits per heavy atom. The molecule has 1 aromatic heterocycles. The SMILES string of the molecule is NCC(CN)NC(=O)C[C@H](N)C(=O)N[C@@H](CCc1ccccc1)C(=O)Nc1cnc2ccccc2c1. The van der Waals surface area contributed by atoms with Crippen LogP contribution in [0.5, 0.6) is 0 Å². The maximum atomic E-state index is 13.2. The van der Waals surface area contributed by atoms with Crippen molar-refractivity contribution >= 4 is 34.3 Å². The molecule has 10 heteroatoms. The van der Waals surface area contributed by atoms with Crippen LogP contribution < -0.4 is 33.2 Å². The molecule has 0 aliphatic heterocycles. The number of benzene rings is 2. The van der Waals surface area contributed by atoms with E-state index in [1.807, 2.05) is 60.7 Å². The second kappa shape index (κ2) is 13.3. The average molecular weight is 492 g/mol. The van der Waals surface area contributed by atoms with Crippen LogP contribution in [0.1, 0.15) is 18.4 Å². The van der Waals surface area contributed by atoms with E-state index in [4.69, 9.17) is 17.2 Å². The summed E-state index contributed by atoms with van der Waals surface area (Å²) < 4.78 is 0. The number of nitrogens with zero attached hydrogens (tertiary/aromatic N) is 1. The second-order valence-electron chi connectivity index (χ2n) is 8.54. The van der Waals surface area contributed by atoms with Crippen LogP contribution in [0.3, 0.4) is 0 Å². The van der Waals surface area contributed by atoms with Gasteiger partial charge >= 0.3 is 0 Å². The maximum absolute atomic E-state index is 13.2. The van der Waals surface area contributed by atoms with Crippen molar-refractivity contribution in [3.05, 3.63) is 72.4 Å². The highest BCUT2D eigenvalue weighted by molar-refractivity contribution is 5.99. The molecule has 190 valence electrons. The minimum Gasteiger partial charge on any atom is -0.351 e. The Hall–Kier alpha value is -3.86. The van der Waals surface area contributed by atoms with Crippen LogP contribution in [-0.2, 0) is 20.8 Å². The first-order valence-electron chi connectivity index (χ1n) is 11.8. The minimum atomic E-state index is -1.14. The zero-order chi connectivity index (χ0) is 25.9. The molecule has 0 unspecified atom stereocenters. The van der Waals surface area contributed by atoms with E-state index in [9.17, 15) is 14.4 Å². The van der Waals surface area contributed by atoms with Crippen LogP contribution >= 0.6 is 0 Å². The summed E-state index contributed by atoms with van der Waals surface area (Å²) in [5.74, 6) is -1.45. The number of hydrogen-bond acceptors (Lipinski definition) is 7. The molecule has 1 heterocycles. The number of fused-ring (bicyclic) bond motifs is 1. The van der Waals surface area contributed by atoms with Gasteiger partial charge in [-0.25, -0.2) is 0 Å². The van der Waals surface area contributed by atoms with Crippen molar-refractivity contribution < 1.29 is 14.4 Å². The molecule has 9 N–H and O–H groups in total. The lowest BCUT2D eigenvalue weighted by Gasteiger charge is -2.21. The van der Waals surface area contributed by atoms with Gasteiger partial charge in [-0.3, -0.25) is 19.4 Å². The van der Waals surface area contributed by atoms with Gasteiger partial charge in [-0.05, 0) is 30.5 Å². The van der Waals surface area contributed by atoms with E-state index in [2.05, 4.69) is 20.9 Å². The van der Waals surface area contributed by atoms with Gasteiger partial charge in [0.2, 0.25) is 17.7 Å². The molecule has 0 aliphatic carbocycles. The maximum Gasteiger partial charge on any atom is 0.247 e. The first kappa shape index (κ1) is 26.7. The van der Waals surface area contributed by atoms with E-state index in [0.717, 1.165) is 16.5 Å². The van der Waals surface area contributed by atoms with Gasteiger partial charge in [0, 0.05) is 18.5 Å². The zero-order valence-electron chi connectivity index (χ0n) is 20.0. The normalized spacial score (nSPS) is 12.7. The molecule has 3 amide bonds. The molecule has 0 fully saturated rings. The number of rotatable bonds is 12. The molecular weight excluding hydrogens is 458 g/mol. The summed E-state index contributed by atoms with van der Waals surface area (Å²) in [5, 5.41) is 9.05. The van der Waals surface area contributed by atoms with E-state index in [-0.39, 0.29) is 19.5 Å². The van der Waals surface area contributed by atoms with Crippen LogP contribution in [0.4, 0.5) is 5.69 Å². The van der Waals surface area contributed by atoms with Crippen molar-refractivity contribution in [3.63, 3.8) is 0 Å². The fourth-order valence-electron chi connectivity index (χ4n) is 3.67. The summed E-state index contributed by atoms with van der Waals surface area (Å²) in [6.45, 7) is 0.351. The van der Waals surface area contributed by atoms with Crippen LogP contribution in [-0.4, -0.2) is 53.9 Å². The van der Waals surface area contributed by atoms with E-state index in [1.54, 1.807) is 6.20 Å². The topological polar surface area (TPSA) is 178 Å². The summed E-state index contributed by atoms with van der Waals surface area (Å²) >= 11 is 0. The molecule has 0 saturated carbocycles. The highest BCUT2D eigenvalue weighted by Gasteiger charge is 2.26. The molecule has 0 radical (unpaired) electrons. The Labute approximate surface area is 210 Å². The van der Waals surface area contributed by atoms with Gasteiger partial charge in [-0.1, -0.05) is 48.5 Å². The van der Waals surface area contributed by atoms with Gasteiger partial charge in [-0.2, -0.15) is 0 Å². The number of nitrogens with one attached hydrogen (secondary N) is 3. The van der Waals surface area contributed by atoms with Crippen molar-refractivity contribution in [3.8, 4) is 0 Å². The van der Waals surface area contributed by atoms with E-state index < -0.39 is 35.8 Å². The van der Waals surface area contributed by atoms with Crippen LogP contribution in [0.15, 0.2) is 66.9 Å². The Kier molecular flexibility index (Phi) is 9.87. The minimum absolute atomic E-state index is 0.176. The van der Waals surface area contributed by atoms with Crippen LogP contribution in [0.2, 0.25) is 0 Å². The van der Waals surface area contributed by atoms with Gasteiger partial charge in [0.25, 0.3) is 0 Å². The van der Waals surface area contributed by atoms with Crippen LogP contribution in [0.25, 0.3) is 10.9 Å². The lowest BCUT2D eigenvalue weighted by Crippen LogP contribution is -2.52. The number of aryl methyl sites for hydroxylation is 1. The van der Waals surface area contributed by atoms with Gasteiger partial charge in [0.1, 0.15) is 6.04 Å². The number of carbonyl (C=O) groups excluding carboxylic acids is 3. The summed E-state index contributed by atoms with van der Waals surface area (Å²) in [6, 6.07) is 16.6. The summed E-state index contributed by atoms with van der Waals surface area (Å²) in [5.41, 5.74) is 19.4. The average Bonchev–Trinajstić information content (AvgIpc) is 2.89. The monoisotopic (exact) mass is 491 g/mol. The number of aromatic nitrogens is 1. The summed E-state index contributed by atoms with van der Waals surface area (Å²) in [7, 11) is 0. The molecule has 0 bridgehead atoms. The largest absolute Gasteiger partial charge is 0.351 e. The van der Waals surface area contributed by atoms with Crippen molar-refractivity contribution in [2.45, 2.75) is 37.4 Å². The van der Waals surface area contributed by atoms with Gasteiger partial charge < -0.3 is 33.2 Å².